The Morgan fingerprint density at radius 1 is 1.12 bits per heavy atom. The number of benzene rings is 1. The molecule has 0 spiro atoms. The van der Waals surface area contributed by atoms with Gasteiger partial charge in [-0.2, -0.15) is 4.39 Å². The molecule has 2 aromatic heterocycles. The highest BCUT2D eigenvalue weighted by atomic mass is 19.1. The molecule has 0 unspecified atom stereocenters. The zero-order valence-electron chi connectivity index (χ0n) is 18.3. The number of aryl methyl sites for hydroxylation is 1. The Balaban J connectivity index is 1.57. The Morgan fingerprint density at radius 3 is 2.81 bits per heavy atom. The Bertz CT molecular complexity index is 1220. The Kier molecular flexibility index (Phi) is 5.43. The normalized spacial score (nSPS) is 15.6. The van der Waals surface area contributed by atoms with Crippen LogP contribution >= 0.6 is 0 Å². The Morgan fingerprint density at radius 2 is 2.00 bits per heavy atom. The van der Waals surface area contributed by atoms with E-state index in [4.69, 9.17) is 4.99 Å². The van der Waals surface area contributed by atoms with Crippen molar-refractivity contribution in [2.75, 3.05) is 13.1 Å². The minimum absolute atomic E-state index is 0.466. The van der Waals surface area contributed by atoms with E-state index in [1.54, 1.807) is 12.3 Å². The van der Waals surface area contributed by atoms with Crippen molar-refractivity contribution >= 4 is 11.5 Å². The van der Waals surface area contributed by atoms with E-state index in [1.165, 1.54) is 11.6 Å². The van der Waals surface area contributed by atoms with E-state index in [2.05, 4.69) is 52.8 Å². The summed E-state index contributed by atoms with van der Waals surface area (Å²) in [6.07, 6.45) is 11.8. The quantitative estimate of drug-likeness (QED) is 0.544. The van der Waals surface area contributed by atoms with Gasteiger partial charge in [-0.1, -0.05) is 38.1 Å². The zero-order chi connectivity index (χ0) is 22.1. The number of aliphatic imine (C=N–C) groups is 1. The summed E-state index contributed by atoms with van der Waals surface area (Å²) in [5.74, 6) is 0.396. The van der Waals surface area contributed by atoms with Crippen molar-refractivity contribution < 1.29 is 4.39 Å². The fraction of sp³-hybridized carbons (Fsp3) is 0.269. The number of rotatable bonds is 4. The third-order valence-electron chi connectivity index (χ3n) is 6.12. The molecule has 3 aromatic rings. The molecule has 0 saturated heterocycles. The van der Waals surface area contributed by atoms with Crippen LogP contribution in [0.25, 0.3) is 16.8 Å². The molecule has 0 aliphatic carbocycles. The molecule has 2 aliphatic heterocycles. The molecule has 2 aliphatic rings. The number of pyridine rings is 1. The molecule has 6 heteroatoms. The average molecular weight is 428 g/mol. The van der Waals surface area contributed by atoms with Gasteiger partial charge >= 0.3 is 0 Å². The lowest BCUT2D eigenvalue weighted by Gasteiger charge is -2.34. The molecule has 0 fully saturated rings. The van der Waals surface area contributed by atoms with E-state index < -0.39 is 5.95 Å². The number of aromatic nitrogens is 3. The lowest BCUT2D eigenvalue weighted by Crippen LogP contribution is -2.29. The van der Waals surface area contributed by atoms with E-state index >= 15 is 0 Å². The van der Waals surface area contributed by atoms with Crippen LogP contribution in [0.5, 0.6) is 0 Å². The Hall–Kier alpha value is -3.54. The van der Waals surface area contributed by atoms with Crippen LogP contribution in [0, 0.1) is 5.95 Å². The summed E-state index contributed by atoms with van der Waals surface area (Å²) >= 11 is 0. The molecule has 5 rings (SSSR count). The maximum absolute atomic E-state index is 13.4. The number of nitrogens with zero attached hydrogens (tertiary/aromatic N) is 5. The standard InChI is InChI=1S/C26H26FN5/c1-3-4-6-20-16-31(17-30-20)26-13-24-23-8-5-7-21(19-9-10-25(27)28-15-19)22(23)11-12-32(24)18(2)14-29-26/h5,7-10,13,15-17H,2-4,6,11-12,14H2,1H3. The second-order valence-electron chi connectivity index (χ2n) is 8.25. The SMILES string of the molecule is C=C1CN=C(n2cnc(CCCC)c2)C=C2c3cccc(-c4ccc(F)nc4)c3CCN12. The first kappa shape index (κ1) is 20.4. The van der Waals surface area contributed by atoms with Crippen LogP contribution in [-0.4, -0.2) is 38.4 Å². The summed E-state index contributed by atoms with van der Waals surface area (Å²) in [6, 6.07) is 9.48. The summed E-state index contributed by atoms with van der Waals surface area (Å²) in [5, 5.41) is 0. The molecular formula is C26H26FN5. The van der Waals surface area contributed by atoms with Gasteiger partial charge in [-0.15, -0.1) is 0 Å². The summed E-state index contributed by atoms with van der Waals surface area (Å²) in [6.45, 7) is 7.87. The van der Waals surface area contributed by atoms with Gasteiger partial charge in [-0.05, 0) is 42.5 Å². The highest BCUT2D eigenvalue weighted by Crippen LogP contribution is 2.37. The highest BCUT2D eigenvalue weighted by Gasteiger charge is 2.27. The lowest BCUT2D eigenvalue weighted by atomic mass is 9.89. The molecule has 0 N–H and O–H groups in total. The highest BCUT2D eigenvalue weighted by molar-refractivity contribution is 6.02. The van der Waals surface area contributed by atoms with E-state index in [-0.39, 0.29) is 0 Å². The third kappa shape index (κ3) is 3.77. The van der Waals surface area contributed by atoms with Gasteiger partial charge in [-0.3, -0.25) is 9.56 Å². The van der Waals surface area contributed by atoms with Crippen LogP contribution in [0.2, 0.25) is 0 Å². The van der Waals surface area contributed by atoms with Crippen LogP contribution in [0.1, 0.15) is 36.6 Å². The van der Waals surface area contributed by atoms with Crippen LogP contribution in [0.3, 0.4) is 0 Å². The number of allylic oxidation sites excluding steroid dienone is 1. The van der Waals surface area contributed by atoms with Crippen LogP contribution < -0.4 is 0 Å². The van der Waals surface area contributed by atoms with Gasteiger partial charge in [-0.25, -0.2) is 9.97 Å². The van der Waals surface area contributed by atoms with E-state index in [1.807, 2.05) is 17.0 Å². The van der Waals surface area contributed by atoms with E-state index in [9.17, 15) is 4.39 Å². The largest absolute Gasteiger partial charge is 0.343 e. The molecule has 0 saturated carbocycles. The van der Waals surface area contributed by atoms with Crippen molar-refractivity contribution in [2.45, 2.75) is 32.6 Å². The molecule has 0 atom stereocenters. The number of hydrogen-bond acceptors (Lipinski definition) is 4. The van der Waals surface area contributed by atoms with Crippen molar-refractivity contribution in [1.29, 1.82) is 0 Å². The van der Waals surface area contributed by atoms with Gasteiger partial charge in [0.15, 0.2) is 0 Å². The molecule has 4 heterocycles. The zero-order valence-corrected chi connectivity index (χ0v) is 18.3. The smallest absolute Gasteiger partial charge is 0.212 e. The first-order valence-corrected chi connectivity index (χ1v) is 11.1. The number of unbranched alkanes of at least 4 members (excludes halogenated alkanes) is 1. The first-order chi connectivity index (χ1) is 15.6. The van der Waals surface area contributed by atoms with Gasteiger partial charge in [0.25, 0.3) is 0 Å². The predicted molar refractivity (Wildman–Crippen MR) is 126 cm³/mol. The minimum atomic E-state index is -0.466. The monoisotopic (exact) mass is 427 g/mol. The molecule has 1 aromatic carbocycles. The third-order valence-corrected chi connectivity index (χ3v) is 6.12. The Labute approximate surface area is 187 Å². The van der Waals surface area contributed by atoms with Crippen molar-refractivity contribution in [1.82, 2.24) is 19.4 Å². The van der Waals surface area contributed by atoms with Gasteiger partial charge in [0.1, 0.15) is 12.2 Å². The fourth-order valence-corrected chi connectivity index (χ4v) is 4.43. The first-order valence-electron chi connectivity index (χ1n) is 11.1. The van der Waals surface area contributed by atoms with Gasteiger partial charge in [0.2, 0.25) is 5.95 Å². The topological polar surface area (TPSA) is 46.3 Å². The van der Waals surface area contributed by atoms with Gasteiger partial charge in [0.05, 0.1) is 17.9 Å². The second-order valence-corrected chi connectivity index (χ2v) is 8.25. The lowest BCUT2D eigenvalue weighted by molar-refractivity contribution is 0.473. The molecule has 162 valence electrons. The summed E-state index contributed by atoms with van der Waals surface area (Å²) in [5.41, 5.74) is 7.57. The van der Waals surface area contributed by atoms with Crippen molar-refractivity contribution in [3.05, 3.63) is 90.2 Å². The molecule has 0 amide bonds. The summed E-state index contributed by atoms with van der Waals surface area (Å²) in [4.78, 5) is 15.5. The average Bonchev–Trinajstić information content (AvgIpc) is 3.22. The predicted octanol–water partition coefficient (Wildman–Crippen LogP) is 5.10. The molecular weight excluding hydrogens is 401 g/mol. The minimum Gasteiger partial charge on any atom is -0.343 e. The van der Waals surface area contributed by atoms with Crippen molar-refractivity contribution in [3.8, 4) is 11.1 Å². The van der Waals surface area contributed by atoms with Crippen LogP contribution in [0.4, 0.5) is 4.39 Å². The van der Waals surface area contributed by atoms with E-state index in [0.717, 1.165) is 71.8 Å². The summed E-state index contributed by atoms with van der Waals surface area (Å²) < 4.78 is 15.4. The molecule has 32 heavy (non-hydrogen) atoms. The fourth-order valence-electron chi connectivity index (χ4n) is 4.43. The molecule has 0 bridgehead atoms. The van der Waals surface area contributed by atoms with Gasteiger partial charge in [0, 0.05) is 41.8 Å². The van der Waals surface area contributed by atoms with Crippen LogP contribution in [0.15, 0.2) is 72.4 Å². The number of imidazole rings is 1. The maximum Gasteiger partial charge on any atom is 0.212 e. The van der Waals surface area contributed by atoms with E-state index in [0.29, 0.717) is 6.54 Å². The number of hydrogen-bond donors (Lipinski definition) is 0. The van der Waals surface area contributed by atoms with Gasteiger partial charge < -0.3 is 4.90 Å². The molecule has 0 radical (unpaired) electrons. The van der Waals surface area contributed by atoms with Crippen LogP contribution in [-0.2, 0) is 12.8 Å². The second kappa shape index (κ2) is 8.54. The van der Waals surface area contributed by atoms with Crippen molar-refractivity contribution in [3.63, 3.8) is 0 Å². The maximum atomic E-state index is 13.4. The summed E-state index contributed by atoms with van der Waals surface area (Å²) in [7, 11) is 0. The number of fused-ring (bicyclic) bond motifs is 3. The molecule has 5 nitrogen and oxygen atoms in total. The van der Waals surface area contributed by atoms with Crippen molar-refractivity contribution in [2.24, 2.45) is 4.99 Å². The number of halogens is 1.